The predicted molar refractivity (Wildman–Crippen MR) is 85.7 cm³/mol. The van der Waals surface area contributed by atoms with Crippen LogP contribution < -0.4 is 0 Å². The molecule has 5 aromatic rings. The average Bonchev–Trinajstić information content (AvgIpc) is 3.06. The van der Waals surface area contributed by atoms with E-state index in [4.69, 9.17) is 8.83 Å². The first kappa shape index (κ1) is 11.0. The molecule has 3 aromatic carbocycles. The van der Waals surface area contributed by atoms with Crippen molar-refractivity contribution in [1.82, 2.24) is 0 Å². The first-order chi connectivity index (χ1) is 10.3. The zero-order chi connectivity index (χ0) is 14.0. The highest BCUT2D eigenvalue weighted by molar-refractivity contribution is 6.16. The molecule has 0 saturated heterocycles. The number of furan rings is 2. The summed E-state index contributed by atoms with van der Waals surface area (Å²) in [5.41, 5.74) is 4.87. The number of hydrogen-bond donors (Lipinski definition) is 0. The van der Waals surface area contributed by atoms with Gasteiger partial charge in [0.25, 0.3) is 0 Å². The SMILES string of the molecule is Cc1c2oc3ccccc3c2cc2oc3ccccc3c12. The maximum absolute atomic E-state index is 6.07. The first-order valence-electron chi connectivity index (χ1n) is 7.05. The normalized spacial score (nSPS) is 12.0. The van der Waals surface area contributed by atoms with E-state index < -0.39 is 0 Å². The van der Waals surface area contributed by atoms with Gasteiger partial charge in [-0.05, 0) is 25.1 Å². The molecule has 0 bridgehead atoms. The summed E-state index contributed by atoms with van der Waals surface area (Å²) >= 11 is 0. The third-order valence-corrected chi connectivity index (χ3v) is 4.25. The molecule has 2 heteroatoms. The van der Waals surface area contributed by atoms with Crippen molar-refractivity contribution in [2.45, 2.75) is 6.92 Å². The quantitative estimate of drug-likeness (QED) is 0.356. The minimum absolute atomic E-state index is 0.924. The monoisotopic (exact) mass is 272 g/mol. The molecule has 0 aliphatic heterocycles. The van der Waals surface area contributed by atoms with E-state index >= 15 is 0 Å². The molecule has 0 N–H and O–H groups in total. The number of benzene rings is 3. The zero-order valence-corrected chi connectivity index (χ0v) is 11.5. The van der Waals surface area contributed by atoms with E-state index in [0.29, 0.717) is 0 Å². The second-order valence-electron chi connectivity index (χ2n) is 5.45. The first-order valence-corrected chi connectivity index (χ1v) is 7.05. The number of rotatable bonds is 0. The molecule has 2 aromatic heterocycles. The highest BCUT2D eigenvalue weighted by Gasteiger charge is 2.16. The largest absolute Gasteiger partial charge is 0.456 e. The summed E-state index contributed by atoms with van der Waals surface area (Å²) in [6.45, 7) is 2.11. The second kappa shape index (κ2) is 3.67. The van der Waals surface area contributed by atoms with Crippen LogP contribution in [0.4, 0.5) is 0 Å². The lowest BCUT2D eigenvalue weighted by Crippen LogP contribution is -1.76. The van der Waals surface area contributed by atoms with Gasteiger partial charge in [-0.15, -0.1) is 0 Å². The Balaban J connectivity index is 2.10. The van der Waals surface area contributed by atoms with Crippen molar-refractivity contribution < 1.29 is 8.83 Å². The summed E-state index contributed by atoms with van der Waals surface area (Å²) in [7, 11) is 0. The summed E-state index contributed by atoms with van der Waals surface area (Å²) < 4.78 is 12.1. The van der Waals surface area contributed by atoms with E-state index in [0.717, 1.165) is 49.4 Å². The van der Waals surface area contributed by atoms with Gasteiger partial charge < -0.3 is 8.83 Å². The molecule has 0 unspecified atom stereocenters. The fourth-order valence-electron chi connectivity index (χ4n) is 3.28. The summed E-state index contributed by atoms with van der Waals surface area (Å²) in [6.07, 6.45) is 0. The molecule has 0 saturated carbocycles. The van der Waals surface area contributed by atoms with Crippen LogP contribution in [-0.2, 0) is 0 Å². The van der Waals surface area contributed by atoms with Crippen molar-refractivity contribution in [3.63, 3.8) is 0 Å². The van der Waals surface area contributed by atoms with Gasteiger partial charge in [-0.3, -0.25) is 0 Å². The third-order valence-electron chi connectivity index (χ3n) is 4.25. The van der Waals surface area contributed by atoms with E-state index in [1.807, 2.05) is 36.4 Å². The predicted octanol–water partition coefficient (Wildman–Crippen LogP) is 5.79. The van der Waals surface area contributed by atoms with Crippen molar-refractivity contribution in [2.24, 2.45) is 0 Å². The Hall–Kier alpha value is -2.74. The molecule has 2 nitrogen and oxygen atoms in total. The average molecular weight is 272 g/mol. The van der Waals surface area contributed by atoms with Gasteiger partial charge in [0.1, 0.15) is 22.3 Å². The molecule has 0 fully saturated rings. The van der Waals surface area contributed by atoms with Crippen molar-refractivity contribution in [3.05, 3.63) is 60.2 Å². The van der Waals surface area contributed by atoms with Crippen LogP contribution in [0, 0.1) is 6.92 Å². The van der Waals surface area contributed by atoms with Crippen molar-refractivity contribution in [2.75, 3.05) is 0 Å². The van der Waals surface area contributed by atoms with Gasteiger partial charge in [-0.2, -0.15) is 0 Å². The lowest BCUT2D eigenvalue weighted by Gasteiger charge is -1.97. The molecule has 2 heterocycles. The topological polar surface area (TPSA) is 26.3 Å². The van der Waals surface area contributed by atoms with E-state index in [1.54, 1.807) is 0 Å². The molecule has 0 spiro atoms. The zero-order valence-electron chi connectivity index (χ0n) is 11.5. The van der Waals surface area contributed by atoms with Crippen LogP contribution >= 0.6 is 0 Å². The van der Waals surface area contributed by atoms with E-state index in [2.05, 4.69) is 25.1 Å². The van der Waals surface area contributed by atoms with Crippen LogP contribution in [0.1, 0.15) is 5.56 Å². The molecule has 5 rings (SSSR count). The maximum atomic E-state index is 6.07. The highest BCUT2D eigenvalue weighted by atomic mass is 16.3. The van der Waals surface area contributed by atoms with Crippen LogP contribution in [0.5, 0.6) is 0 Å². The lowest BCUT2D eigenvalue weighted by atomic mass is 10.0. The molecule has 0 atom stereocenters. The van der Waals surface area contributed by atoms with Crippen molar-refractivity contribution in [1.29, 1.82) is 0 Å². The van der Waals surface area contributed by atoms with E-state index in [9.17, 15) is 0 Å². The Kier molecular flexibility index (Phi) is 1.92. The standard InChI is InChI=1S/C19H12O2/c1-11-18-13-7-3-5-9-16(13)20-17(18)10-14-12-6-2-4-8-15(12)21-19(11)14/h2-10H,1H3. The number of para-hydroxylation sites is 2. The minimum atomic E-state index is 0.924. The Labute approximate surface area is 120 Å². The summed E-state index contributed by atoms with van der Waals surface area (Å²) in [5.74, 6) is 0. The number of hydrogen-bond acceptors (Lipinski definition) is 2. The Morgan fingerprint density at radius 3 is 2.14 bits per heavy atom. The Morgan fingerprint density at radius 2 is 1.33 bits per heavy atom. The van der Waals surface area contributed by atoms with Gasteiger partial charge in [0, 0.05) is 27.1 Å². The molecule has 0 aliphatic carbocycles. The third kappa shape index (κ3) is 1.32. The van der Waals surface area contributed by atoms with Gasteiger partial charge in [-0.1, -0.05) is 36.4 Å². The summed E-state index contributed by atoms with van der Waals surface area (Å²) in [6, 6.07) is 18.4. The van der Waals surface area contributed by atoms with Crippen LogP contribution in [0.3, 0.4) is 0 Å². The van der Waals surface area contributed by atoms with Gasteiger partial charge in [0.2, 0.25) is 0 Å². The molecule has 0 amide bonds. The Bertz CT molecular complexity index is 1140. The minimum Gasteiger partial charge on any atom is -0.456 e. The molecular weight excluding hydrogens is 260 g/mol. The lowest BCUT2D eigenvalue weighted by molar-refractivity contribution is 0.662. The van der Waals surface area contributed by atoms with Crippen molar-refractivity contribution >= 4 is 43.9 Å². The van der Waals surface area contributed by atoms with Gasteiger partial charge >= 0.3 is 0 Å². The summed E-state index contributed by atoms with van der Waals surface area (Å²) in [5, 5.41) is 4.55. The smallest absolute Gasteiger partial charge is 0.139 e. The van der Waals surface area contributed by atoms with Crippen LogP contribution in [0.2, 0.25) is 0 Å². The van der Waals surface area contributed by atoms with Crippen LogP contribution in [0.15, 0.2) is 63.4 Å². The van der Waals surface area contributed by atoms with E-state index in [1.165, 1.54) is 0 Å². The summed E-state index contributed by atoms with van der Waals surface area (Å²) in [4.78, 5) is 0. The van der Waals surface area contributed by atoms with Crippen LogP contribution in [0.25, 0.3) is 43.9 Å². The van der Waals surface area contributed by atoms with Crippen LogP contribution in [-0.4, -0.2) is 0 Å². The molecule has 0 radical (unpaired) electrons. The van der Waals surface area contributed by atoms with Crippen molar-refractivity contribution in [3.8, 4) is 0 Å². The van der Waals surface area contributed by atoms with E-state index in [-0.39, 0.29) is 0 Å². The molecule has 0 aliphatic rings. The van der Waals surface area contributed by atoms with Gasteiger partial charge in [0.15, 0.2) is 0 Å². The Morgan fingerprint density at radius 1 is 0.667 bits per heavy atom. The molecule has 21 heavy (non-hydrogen) atoms. The second-order valence-corrected chi connectivity index (χ2v) is 5.45. The fourth-order valence-corrected chi connectivity index (χ4v) is 3.28. The maximum Gasteiger partial charge on any atom is 0.139 e. The highest BCUT2D eigenvalue weighted by Crippen LogP contribution is 2.39. The number of fused-ring (bicyclic) bond motifs is 6. The number of aryl methyl sites for hydroxylation is 1. The fraction of sp³-hybridized carbons (Fsp3) is 0.0526. The van der Waals surface area contributed by atoms with Gasteiger partial charge in [0.05, 0.1) is 0 Å². The van der Waals surface area contributed by atoms with Gasteiger partial charge in [-0.25, -0.2) is 0 Å². The molecule has 100 valence electrons. The molecular formula is C19H12O2.